The number of anilines is 1. The van der Waals surface area contributed by atoms with Crippen LogP contribution >= 0.6 is 0 Å². The number of aliphatic hydroxyl groups is 1. The first kappa shape index (κ1) is 12.8. The summed E-state index contributed by atoms with van der Waals surface area (Å²) < 4.78 is 0. The Balaban J connectivity index is 2.26. The van der Waals surface area contributed by atoms with Gasteiger partial charge in [-0.25, -0.2) is 9.78 Å². The largest absolute Gasteiger partial charge is 0.478 e. The number of carboxylic acids is 1. The molecule has 0 bridgehead atoms. The first-order valence-electron chi connectivity index (χ1n) is 5.97. The monoisotopic (exact) mass is 250 g/mol. The molecule has 0 spiro atoms. The van der Waals surface area contributed by atoms with Crippen molar-refractivity contribution in [2.75, 3.05) is 5.32 Å². The Morgan fingerprint density at radius 2 is 2.22 bits per heavy atom. The normalized spacial score (nSPS) is 25.3. The summed E-state index contributed by atoms with van der Waals surface area (Å²) in [6.45, 7) is 5.65. The summed E-state index contributed by atoms with van der Waals surface area (Å²) in [6.07, 6.45) is 1.85. The van der Waals surface area contributed by atoms with E-state index in [-0.39, 0.29) is 23.1 Å². The minimum Gasteiger partial charge on any atom is -0.478 e. The average Bonchev–Trinajstić information content (AvgIpc) is 2.28. The summed E-state index contributed by atoms with van der Waals surface area (Å²) in [5.74, 6) is -0.603. The molecule has 2 unspecified atom stereocenters. The highest BCUT2D eigenvalue weighted by atomic mass is 16.4. The molecule has 1 aliphatic rings. The number of aryl methyl sites for hydroxylation is 1. The van der Waals surface area contributed by atoms with Crippen LogP contribution in [0.2, 0.25) is 0 Å². The van der Waals surface area contributed by atoms with Gasteiger partial charge in [0.05, 0.1) is 6.10 Å². The Hall–Kier alpha value is -1.62. The molecule has 1 aromatic heterocycles. The van der Waals surface area contributed by atoms with Gasteiger partial charge in [0.15, 0.2) is 0 Å². The fraction of sp³-hybridized carbons (Fsp3) is 0.538. The van der Waals surface area contributed by atoms with Crippen molar-refractivity contribution in [3.63, 3.8) is 0 Å². The van der Waals surface area contributed by atoms with Crippen molar-refractivity contribution >= 4 is 11.8 Å². The zero-order valence-electron chi connectivity index (χ0n) is 10.8. The van der Waals surface area contributed by atoms with Crippen molar-refractivity contribution < 1.29 is 15.0 Å². The van der Waals surface area contributed by atoms with Crippen molar-refractivity contribution in [3.8, 4) is 0 Å². The van der Waals surface area contributed by atoms with Crippen LogP contribution in [0.5, 0.6) is 0 Å². The fourth-order valence-electron chi connectivity index (χ4n) is 2.25. The van der Waals surface area contributed by atoms with E-state index in [9.17, 15) is 15.0 Å². The highest BCUT2D eigenvalue weighted by molar-refractivity contribution is 5.94. The predicted molar refractivity (Wildman–Crippen MR) is 67.7 cm³/mol. The molecule has 2 atom stereocenters. The Bertz CT molecular complexity index is 485. The van der Waals surface area contributed by atoms with Gasteiger partial charge in [-0.1, -0.05) is 13.8 Å². The zero-order chi connectivity index (χ0) is 13.5. The average molecular weight is 250 g/mol. The highest BCUT2D eigenvalue weighted by Crippen LogP contribution is 2.42. The van der Waals surface area contributed by atoms with Crippen LogP contribution in [-0.4, -0.2) is 33.3 Å². The molecule has 0 aliphatic heterocycles. The molecule has 5 heteroatoms. The van der Waals surface area contributed by atoms with Crippen molar-refractivity contribution in [2.24, 2.45) is 5.41 Å². The number of aromatic carboxylic acids is 1. The Morgan fingerprint density at radius 1 is 1.56 bits per heavy atom. The number of carboxylic acid groups (broad SMARTS) is 1. The molecule has 98 valence electrons. The molecule has 2 rings (SSSR count). The summed E-state index contributed by atoms with van der Waals surface area (Å²) in [5, 5.41) is 22.0. The van der Waals surface area contributed by atoms with Crippen LogP contribution in [0.4, 0.5) is 5.82 Å². The number of carbonyl (C=O) groups is 1. The van der Waals surface area contributed by atoms with Crippen LogP contribution in [0.25, 0.3) is 0 Å². The van der Waals surface area contributed by atoms with E-state index >= 15 is 0 Å². The Morgan fingerprint density at radius 3 is 2.72 bits per heavy atom. The first-order valence-corrected chi connectivity index (χ1v) is 5.97. The summed E-state index contributed by atoms with van der Waals surface area (Å²) in [7, 11) is 0. The van der Waals surface area contributed by atoms with Gasteiger partial charge in [0, 0.05) is 17.7 Å². The van der Waals surface area contributed by atoms with Crippen molar-refractivity contribution in [2.45, 2.75) is 39.3 Å². The topological polar surface area (TPSA) is 82.5 Å². The molecule has 0 saturated heterocycles. The van der Waals surface area contributed by atoms with Crippen LogP contribution in [0.15, 0.2) is 12.3 Å². The zero-order valence-corrected chi connectivity index (χ0v) is 10.8. The van der Waals surface area contributed by atoms with Gasteiger partial charge < -0.3 is 15.5 Å². The molecule has 3 N–H and O–H groups in total. The second-order valence-corrected chi connectivity index (χ2v) is 5.43. The van der Waals surface area contributed by atoms with E-state index in [2.05, 4.69) is 10.3 Å². The lowest BCUT2D eigenvalue weighted by Crippen LogP contribution is -2.57. The predicted octanol–water partition coefficient (Wildman–Crippen LogP) is 1.66. The van der Waals surface area contributed by atoms with E-state index in [4.69, 9.17) is 0 Å². The molecule has 0 amide bonds. The van der Waals surface area contributed by atoms with Gasteiger partial charge in [0.25, 0.3) is 0 Å². The molecular formula is C13H18N2O3. The van der Waals surface area contributed by atoms with E-state index in [1.54, 1.807) is 19.2 Å². The SMILES string of the molecule is Cc1ccnc(NC2CC(O)C2(C)C)c1C(=O)O. The lowest BCUT2D eigenvalue weighted by atomic mass is 9.64. The molecule has 18 heavy (non-hydrogen) atoms. The smallest absolute Gasteiger partial charge is 0.339 e. The van der Waals surface area contributed by atoms with Crippen LogP contribution in [-0.2, 0) is 0 Å². The summed E-state index contributed by atoms with van der Waals surface area (Å²) in [5.41, 5.74) is 0.619. The van der Waals surface area contributed by atoms with Crippen molar-refractivity contribution in [1.29, 1.82) is 0 Å². The Labute approximate surface area is 106 Å². The van der Waals surface area contributed by atoms with E-state index < -0.39 is 5.97 Å². The van der Waals surface area contributed by atoms with Crippen LogP contribution < -0.4 is 5.32 Å². The van der Waals surface area contributed by atoms with E-state index in [1.807, 2.05) is 13.8 Å². The van der Waals surface area contributed by atoms with Gasteiger partial charge in [-0.15, -0.1) is 0 Å². The van der Waals surface area contributed by atoms with Gasteiger partial charge in [0.1, 0.15) is 11.4 Å². The van der Waals surface area contributed by atoms with Gasteiger partial charge in [-0.2, -0.15) is 0 Å². The first-order chi connectivity index (χ1) is 8.34. The minimum atomic E-state index is -0.985. The van der Waals surface area contributed by atoms with Gasteiger partial charge in [0.2, 0.25) is 0 Å². The maximum Gasteiger partial charge on any atom is 0.339 e. The molecule has 1 aromatic rings. The second kappa shape index (κ2) is 4.24. The third-order valence-corrected chi connectivity index (χ3v) is 3.90. The molecule has 1 saturated carbocycles. The van der Waals surface area contributed by atoms with E-state index in [1.165, 1.54) is 0 Å². The maximum atomic E-state index is 11.2. The third kappa shape index (κ3) is 1.95. The number of aliphatic hydroxyl groups excluding tert-OH is 1. The number of pyridine rings is 1. The second-order valence-electron chi connectivity index (χ2n) is 5.43. The Kier molecular flexibility index (Phi) is 3.02. The van der Waals surface area contributed by atoms with E-state index in [0.29, 0.717) is 17.8 Å². The molecule has 5 nitrogen and oxygen atoms in total. The molecule has 0 radical (unpaired) electrons. The van der Waals surface area contributed by atoms with Crippen LogP contribution in [0.3, 0.4) is 0 Å². The molecule has 1 aliphatic carbocycles. The summed E-state index contributed by atoms with van der Waals surface area (Å²) >= 11 is 0. The van der Waals surface area contributed by atoms with Crippen molar-refractivity contribution in [1.82, 2.24) is 4.98 Å². The third-order valence-electron chi connectivity index (χ3n) is 3.90. The van der Waals surface area contributed by atoms with Crippen LogP contribution in [0.1, 0.15) is 36.2 Å². The number of rotatable bonds is 3. The highest BCUT2D eigenvalue weighted by Gasteiger charge is 2.47. The summed E-state index contributed by atoms with van der Waals surface area (Å²) in [6, 6.07) is 1.72. The molecule has 1 fully saturated rings. The standard InChI is InChI=1S/C13H18N2O3/c1-7-4-5-14-11(10(7)12(17)18)15-8-6-9(16)13(8,2)3/h4-5,8-9,16H,6H2,1-3H3,(H,14,15)(H,17,18). The number of hydrogen-bond donors (Lipinski definition) is 3. The minimum absolute atomic E-state index is 0.0416. The molecule has 1 heterocycles. The fourth-order valence-corrected chi connectivity index (χ4v) is 2.25. The summed E-state index contributed by atoms with van der Waals surface area (Å²) in [4.78, 5) is 15.3. The number of nitrogens with one attached hydrogen (secondary N) is 1. The quantitative estimate of drug-likeness (QED) is 0.760. The van der Waals surface area contributed by atoms with Gasteiger partial charge in [-0.3, -0.25) is 0 Å². The molecule has 0 aromatic carbocycles. The number of aromatic nitrogens is 1. The van der Waals surface area contributed by atoms with Gasteiger partial charge >= 0.3 is 5.97 Å². The lowest BCUT2D eigenvalue weighted by molar-refractivity contribution is -0.0511. The van der Waals surface area contributed by atoms with E-state index in [0.717, 1.165) is 0 Å². The number of nitrogens with zero attached hydrogens (tertiary/aromatic N) is 1. The van der Waals surface area contributed by atoms with Crippen LogP contribution in [0, 0.1) is 12.3 Å². The number of hydrogen-bond acceptors (Lipinski definition) is 4. The lowest BCUT2D eigenvalue weighted by Gasteiger charge is -2.49. The maximum absolute atomic E-state index is 11.2. The van der Waals surface area contributed by atoms with Crippen molar-refractivity contribution in [3.05, 3.63) is 23.4 Å². The van der Waals surface area contributed by atoms with Gasteiger partial charge in [-0.05, 0) is 25.0 Å². The molecular weight excluding hydrogens is 232 g/mol.